The fraction of sp³-hybridized carbons (Fsp3) is 0.143. The van der Waals surface area contributed by atoms with Gasteiger partial charge in [-0.25, -0.2) is 10.2 Å². The van der Waals surface area contributed by atoms with Crippen molar-refractivity contribution in [2.45, 2.75) is 6.92 Å². The van der Waals surface area contributed by atoms with Crippen molar-refractivity contribution in [2.75, 3.05) is 6.61 Å². The largest absolute Gasteiger partial charge is 0.455 e. The highest BCUT2D eigenvalue weighted by Crippen LogP contribution is 2.23. The monoisotopic (exact) mass is 336 g/mol. The number of furan rings is 1. The second-order valence-corrected chi connectivity index (χ2v) is 4.72. The van der Waals surface area contributed by atoms with Crippen molar-refractivity contribution in [1.82, 2.24) is 5.43 Å². The molecule has 1 aromatic carbocycles. The quantitative estimate of drug-likeness (QED) is 0.682. The molecule has 0 bridgehead atoms. The number of benzene rings is 1. The van der Waals surface area contributed by atoms with Crippen LogP contribution in [0, 0.1) is 0 Å². The van der Waals surface area contributed by atoms with Crippen molar-refractivity contribution < 1.29 is 13.9 Å². The van der Waals surface area contributed by atoms with E-state index < -0.39 is 6.09 Å². The number of ether oxygens (including phenoxy) is 1. The van der Waals surface area contributed by atoms with Crippen LogP contribution in [0.3, 0.4) is 0 Å². The Morgan fingerprint density at radius 2 is 2.10 bits per heavy atom. The number of nitrogens with zero attached hydrogens (tertiary/aromatic N) is 1. The van der Waals surface area contributed by atoms with Crippen LogP contribution in [0.4, 0.5) is 4.79 Å². The van der Waals surface area contributed by atoms with Crippen molar-refractivity contribution in [1.29, 1.82) is 0 Å². The predicted octanol–water partition coefficient (Wildman–Crippen LogP) is 3.79. The van der Waals surface area contributed by atoms with Gasteiger partial charge in [0, 0.05) is 10.0 Å². The van der Waals surface area contributed by atoms with E-state index in [1.807, 2.05) is 30.3 Å². The van der Waals surface area contributed by atoms with Gasteiger partial charge >= 0.3 is 6.09 Å². The standard InChI is InChI=1S/C14H13BrN2O3/c1-2-19-14(18)17-16-9-12-7-8-13(20-12)10-3-5-11(15)6-4-10/h3-9H,2H2,1H3,(H,17,18)/b16-9-. The molecule has 20 heavy (non-hydrogen) atoms. The highest BCUT2D eigenvalue weighted by molar-refractivity contribution is 9.10. The smallest absolute Gasteiger partial charge is 0.427 e. The number of carbonyl (C=O) groups excluding carboxylic acids is 1. The van der Waals surface area contributed by atoms with Crippen LogP contribution in [0.2, 0.25) is 0 Å². The minimum Gasteiger partial charge on any atom is -0.455 e. The second-order valence-electron chi connectivity index (χ2n) is 3.80. The van der Waals surface area contributed by atoms with Crippen molar-refractivity contribution >= 4 is 28.2 Å². The summed E-state index contributed by atoms with van der Waals surface area (Å²) in [4.78, 5) is 11.0. The third kappa shape index (κ3) is 3.96. The molecule has 0 radical (unpaired) electrons. The lowest BCUT2D eigenvalue weighted by molar-refractivity contribution is 0.152. The van der Waals surface area contributed by atoms with Crippen LogP contribution in [0.5, 0.6) is 0 Å². The minimum absolute atomic E-state index is 0.301. The summed E-state index contributed by atoms with van der Waals surface area (Å²) in [5, 5.41) is 3.73. The number of carbonyl (C=O) groups is 1. The van der Waals surface area contributed by atoms with Crippen LogP contribution in [0.15, 0.2) is 50.4 Å². The Labute approximate surface area is 124 Å². The number of hydrogen-bond acceptors (Lipinski definition) is 4. The summed E-state index contributed by atoms with van der Waals surface area (Å²) in [6.07, 6.45) is 0.822. The van der Waals surface area contributed by atoms with Gasteiger partial charge < -0.3 is 9.15 Å². The van der Waals surface area contributed by atoms with E-state index in [9.17, 15) is 4.79 Å². The first-order valence-electron chi connectivity index (χ1n) is 6.00. The molecule has 5 nitrogen and oxygen atoms in total. The van der Waals surface area contributed by atoms with Gasteiger partial charge in [-0.1, -0.05) is 28.1 Å². The molecule has 104 valence electrons. The number of hydrogen-bond donors (Lipinski definition) is 1. The van der Waals surface area contributed by atoms with Gasteiger partial charge in [0.25, 0.3) is 0 Å². The predicted molar refractivity (Wildman–Crippen MR) is 79.6 cm³/mol. The molecule has 1 N–H and O–H groups in total. The molecule has 0 aliphatic carbocycles. The highest BCUT2D eigenvalue weighted by Gasteiger charge is 2.03. The van der Waals surface area contributed by atoms with E-state index in [0.717, 1.165) is 15.8 Å². The van der Waals surface area contributed by atoms with Gasteiger partial charge in [0.15, 0.2) is 0 Å². The molecular weight excluding hydrogens is 324 g/mol. The SMILES string of the molecule is CCOC(=O)N/N=C\c1ccc(-c2ccc(Br)cc2)o1. The lowest BCUT2D eigenvalue weighted by Crippen LogP contribution is -2.18. The fourth-order valence-electron chi connectivity index (χ4n) is 1.50. The van der Waals surface area contributed by atoms with Crippen LogP contribution in [0.25, 0.3) is 11.3 Å². The summed E-state index contributed by atoms with van der Waals surface area (Å²) >= 11 is 3.38. The molecule has 0 spiro atoms. The molecule has 1 aromatic heterocycles. The summed E-state index contributed by atoms with van der Waals surface area (Å²) in [5.74, 6) is 1.27. The zero-order valence-electron chi connectivity index (χ0n) is 10.8. The Morgan fingerprint density at radius 1 is 1.35 bits per heavy atom. The minimum atomic E-state index is -0.594. The molecule has 2 rings (SSSR count). The van der Waals surface area contributed by atoms with Crippen LogP contribution in [-0.2, 0) is 4.74 Å². The Hall–Kier alpha value is -2.08. The number of nitrogens with one attached hydrogen (secondary N) is 1. The third-order valence-corrected chi connectivity index (χ3v) is 2.91. The Kier molecular flexibility index (Phi) is 4.95. The number of halogens is 1. The fourth-order valence-corrected chi connectivity index (χ4v) is 1.77. The van der Waals surface area contributed by atoms with Crippen molar-refractivity contribution in [3.05, 3.63) is 46.6 Å². The molecule has 6 heteroatoms. The average Bonchev–Trinajstić information content (AvgIpc) is 2.89. The summed E-state index contributed by atoms with van der Waals surface area (Å²) in [6.45, 7) is 2.02. The van der Waals surface area contributed by atoms with E-state index in [1.54, 1.807) is 13.0 Å². The Balaban J connectivity index is 2.00. The maximum Gasteiger partial charge on any atom is 0.427 e. The van der Waals surface area contributed by atoms with Crippen LogP contribution >= 0.6 is 15.9 Å². The van der Waals surface area contributed by atoms with E-state index in [4.69, 9.17) is 4.42 Å². The summed E-state index contributed by atoms with van der Waals surface area (Å²) in [6, 6.07) is 11.4. The summed E-state index contributed by atoms with van der Waals surface area (Å²) in [5.41, 5.74) is 3.19. The first-order valence-corrected chi connectivity index (χ1v) is 6.80. The lowest BCUT2D eigenvalue weighted by Gasteiger charge is -1.98. The van der Waals surface area contributed by atoms with Crippen molar-refractivity contribution in [3.8, 4) is 11.3 Å². The van der Waals surface area contributed by atoms with Gasteiger partial charge in [-0.05, 0) is 31.2 Å². The van der Waals surface area contributed by atoms with E-state index in [2.05, 4.69) is 31.2 Å². The van der Waals surface area contributed by atoms with Gasteiger partial charge in [-0.3, -0.25) is 0 Å². The maximum atomic E-state index is 11.0. The normalized spacial score (nSPS) is 10.7. The molecule has 1 heterocycles. The van der Waals surface area contributed by atoms with Gasteiger partial charge in [-0.2, -0.15) is 5.10 Å². The Bertz CT molecular complexity index is 605. The molecule has 2 aromatic rings. The zero-order valence-corrected chi connectivity index (χ0v) is 12.4. The van der Waals surface area contributed by atoms with Gasteiger partial charge in [0.2, 0.25) is 0 Å². The molecule has 0 atom stereocenters. The highest BCUT2D eigenvalue weighted by atomic mass is 79.9. The zero-order chi connectivity index (χ0) is 14.4. The van der Waals surface area contributed by atoms with Gasteiger partial charge in [-0.15, -0.1) is 0 Å². The number of amides is 1. The van der Waals surface area contributed by atoms with E-state index in [1.165, 1.54) is 6.21 Å². The van der Waals surface area contributed by atoms with Crippen LogP contribution < -0.4 is 5.43 Å². The van der Waals surface area contributed by atoms with Gasteiger partial charge in [0.05, 0.1) is 12.8 Å². The van der Waals surface area contributed by atoms with E-state index in [0.29, 0.717) is 12.4 Å². The Morgan fingerprint density at radius 3 is 2.80 bits per heavy atom. The molecule has 1 amide bonds. The van der Waals surface area contributed by atoms with E-state index in [-0.39, 0.29) is 0 Å². The molecule has 0 saturated heterocycles. The first kappa shape index (κ1) is 14.3. The second kappa shape index (κ2) is 6.91. The molecule has 0 saturated carbocycles. The van der Waals surface area contributed by atoms with Crippen LogP contribution in [0.1, 0.15) is 12.7 Å². The average molecular weight is 337 g/mol. The van der Waals surface area contributed by atoms with Crippen molar-refractivity contribution in [3.63, 3.8) is 0 Å². The van der Waals surface area contributed by atoms with Crippen molar-refractivity contribution in [2.24, 2.45) is 5.10 Å². The third-order valence-electron chi connectivity index (χ3n) is 2.38. The summed E-state index contributed by atoms with van der Waals surface area (Å²) in [7, 11) is 0. The van der Waals surface area contributed by atoms with Crippen LogP contribution in [-0.4, -0.2) is 18.9 Å². The topological polar surface area (TPSA) is 63.8 Å². The maximum absolute atomic E-state index is 11.0. The first-order chi connectivity index (χ1) is 9.69. The molecular formula is C14H13BrN2O3. The van der Waals surface area contributed by atoms with E-state index >= 15 is 0 Å². The lowest BCUT2D eigenvalue weighted by atomic mass is 10.2. The van der Waals surface area contributed by atoms with Gasteiger partial charge in [0.1, 0.15) is 11.5 Å². The molecule has 0 unspecified atom stereocenters. The molecule has 0 fully saturated rings. The molecule has 0 aliphatic rings. The molecule has 0 aliphatic heterocycles. The number of rotatable bonds is 4. The summed E-state index contributed by atoms with van der Waals surface area (Å²) < 4.78 is 11.3. The number of hydrazone groups is 1.